The first-order chi connectivity index (χ1) is 24.8. The molecule has 1 aromatic heterocycles. The maximum Gasteiger partial charge on any atom is 0.338 e. The number of halogens is 1. The van der Waals surface area contributed by atoms with Gasteiger partial charge in [0.25, 0.3) is 5.56 Å². The van der Waals surface area contributed by atoms with Gasteiger partial charge in [-0.1, -0.05) is 71.5 Å². The van der Waals surface area contributed by atoms with Gasteiger partial charge >= 0.3 is 5.97 Å². The predicted molar refractivity (Wildman–Crippen MR) is 194 cm³/mol. The van der Waals surface area contributed by atoms with Crippen molar-refractivity contribution in [2.45, 2.75) is 19.6 Å². The average Bonchev–Trinajstić information content (AvgIpc) is 3.47. The third-order valence-electron chi connectivity index (χ3n) is 8.11. The monoisotopic (exact) mass is 721 g/mol. The summed E-state index contributed by atoms with van der Waals surface area (Å²) in [5.41, 5.74) is 3.51. The number of methoxy groups -OCH3 is 3. The Morgan fingerprint density at radius 1 is 0.961 bits per heavy atom. The lowest BCUT2D eigenvalue weighted by Gasteiger charge is -2.26. The van der Waals surface area contributed by atoms with E-state index in [1.807, 2.05) is 30.3 Å². The van der Waals surface area contributed by atoms with Crippen LogP contribution >= 0.6 is 22.9 Å². The van der Waals surface area contributed by atoms with Crippen molar-refractivity contribution in [1.29, 1.82) is 5.26 Å². The zero-order chi connectivity index (χ0) is 36.1. The largest absolute Gasteiger partial charge is 0.493 e. The molecule has 1 aliphatic heterocycles. The maximum absolute atomic E-state index is 14.4. The number of carbonyl (C=O) groups is 1. The normalized spacial score (nSPS) is 13.9. The van der Waals surface area contributed by atoms with Gasteiger partial charge in [0.15, 0.2) is 27.8 Å². The van der Waals surface area contributed by atoms with Gasteiger partial charge in [0.1, 0.15) is 6.61 Å². The van der Waals surface area contributed by atoms with Gasteiger partial charge in [0.2, 0.25) is 0 Å². The van der Waals surface area contributed by atoms with Crippen LogP contribution in [0.15, 0.2) is 100 Å². The summed E-state index contributed by atoms with van der Waals surface area (Å²) in [5, 5.41) is 9.36. The van der Waals surface area contributed by atoms with E-state index in [9.17, 15) is 9.59 Å². The Bertz CT molecular complexity index is 2360. The van der Waals surface area contributed by atoms with Crippen molar-refractivity contribution < 1.29 is 28.5 Å². The number of nitriles is 1. The standard InChI is InChI=1S/C39H32ClN3O7S/c1-5-49-38(45)33-34(26-9-7-6-8-10-26)42-39-43(35(33)27-15-16-29(46-2)30(20-27)47-3)37(44)32(51-39)19-25-17-28(40)36(31(18-25)48-4)50-22-24-13-11-23(21-41)12-14-24/h6-20,35H,5,22H2,1-4H3/b32-19-/t35-/m1/s1. The van der Waals surface area contributed by atoms with Crippen molar-refractivity contribution in [2.24, 2.45) is 4.99 Å². The van der Waals surface area contributed by atoms with E-state index < -0.39 is 12.0 Å². The Morgan fingerprint density at radius 2 is 1.69 bits per heavy atom. The van der Waals surface area contributed by atoms with Crippen LogP contribution in [0.25, 0.3) is 11.8 Å². The number of hydrogen-bond donors (Lipinski definition) is 0. The molecule has 0 fully saturated rings. The predicted octanol–water partition coefficient (Wildman–Crippen LogP) is 6.07. The summed E-state index contributed by atoms with van der Waals surface area (Å²) >= 11 is 7.90. The van der Waals surface area contributed by atoms with Crippen LogP contribution in [-0.4, -0.2) is 38.5 Å². The highest BCUT2D eigenvalue weighted by molar-refractivity contribution is 7.07. The molecule has 5 aromatic rings. The summed E-state index contributed by atoms with van der Waals surface area (Å²) in [5.74, 6) is 1.04. The Morgan fingerprint density at radius 3 is 2.35 bits per heavy atom. The van der Waals surface area contributed by atoms with Gasteiger partial charge < -0.3 is 23.7 Å². The van der Waals surface area contributed by atoms with Gasteiger partial charge in [0.05, 0.1) is 66.4 Å². The topological polar surface area (TPSA) is 121 Å². The molecule has 0 bridgehead atoms. The van der Waals surface area contributed by atoms with E-state index in [0.29, 0.717) is 60.3 Å². The van der Waals surface area contributed by atoms with Crippen molar-refractivity contribution >= 4 is 40.7 Å². The lowest BCUT2D eigenvalue weighted by molar-refractivity contribution is -0.138. The molecule has 0 saturated carbocycles. The minimum atomic E-state index is -0.909. The van der Waals surface area contributed by atoms with Crippen LogP contribution in [0.1, 0.15) is 40.8 Å². The fourth-order valence-electron chi connectivity index (χ4n) is 5.72. The van der Waals surface area contributed by atoms with Crippen molar-refractivity contribution in [2.75, 3.05) is 27.9 Å². The number of esters is 1. The molecule has 0 spiro atoms. The van der Waals surface area contributed by atoms with Crippen molar-refractivity contribution in [1.82, 2.24) is 4.57 Å². The van der Waals surface area contributed by atoms with Crippen LogP contribution in [0.2, 0.25) is 5.02 Å². The second-order valence-electron chi connectivity index (χ2n) is 11.2. The summed E-state index contributed by atoms with van der Waals surface area (Å²) in [6, 6.07) is 26.2. The van der Waals surface area contributed by atoms with Crippen molar-refractivity contribution in [3.05, 3.63) is 143 Å². The van der Waals surface area contributed by atoms with E-state index in [4.69, 9.17) is 45.5 Å². The SMILES string of the molecule is CCOC(=O)C1=C(c2ccccc2)N=c2s/c(=C\c3cc(Cl)c(OCc4ccc(C#N)cc4)c(OC)c3)c(=O)n2[C@@H]1c1ccc(OC)c(OC)c1. The lowest BCUT2D eigenvalue weighted by Crippen LogP contribution is -2.40. The van der Waals surface area contributed by atoms with Crippen LogP contribution in [0.3, 0.4) is 0 Å². The molecule has 10 nitrogen and oxygen atoms in total. The molecule has 4 aromatic carbocycles. The zero-order valence-corrected chi connectivity index (χ0v) is 29.7. The first-order valence-corrected chi connectivity index (χ1v) is 17.0. The van der Waals surface area contributed by atoms with Gasteiger partial charge in [-0.05, 0) is 66.1 Å². The Balaban J connectivity index is 1.50. The summed E-state index contributed by atoms with van der Waals surface area (Å²) in [7, 11) is 4.56. The number of thiazole rings is 1. The summed E-state index contributed by atoms with van der Waals surface area (Å²) in [6.07, 6.45) is 1.70. The van der Waals surface area contributed by atoms with E-state index >= 15 is 0 Å². The minimum absolute atomic E-state index is 0.128. The Hall–Kier alpha value is -5.83. The molecule has 0 unspecified atom stereocenters. The molecule has 258 valence electrons. The van der Waals surface area contributed by atoms with Crippen LogP contribution in [0.5, 0.6) is 23.0 Å². The van der Waals surface area contributed by atoms with Gasteiger partial charge in [-0.25, -0.2) is 9.79 Å². The molecular formula is C39H32ClN3O7S. The third kappa shape index (κ3) is 7.10. The van der Waals surface area contributed by atoms with Gasteiger partial charge in [-0.3, -0.25) is 9.36 Å². The second kappa shape index (κ2) is 15.4. The number of aromatic nitrogens is 1. The fraction of sp³-hybridized carbons (Fsp3) is 0.179. The number of benzene rings is 4. The molecule has 1 aliphatic rings. The highest BCUT2D eigenvalue weighted by atomic mass is 35.5. The van der Waals surface area contributed by atoms with Crippen LogP contribution in [-0.2, 0) is 16.1 Å². The third-order valence-corrected chi connectivity index (χ3v) is 9.38. The fourth-order valence-corrected chi connectivity index (χ4v) is 7.00. The number of carbonyl (C=O) groups excluding carboxylic acids is 1. The average molecular weight is 722 g/mol. The van der Waals surface area contributed by atoms with Crippen molar-refractivity contribution in [3.63, 3.8) is 0 Å². The number of fused-ring (bicyclic) bond motifs is 1. The van der Waals surface area contributed by atoms with E-state index in [0.717, 1.165) is 5.56 Å². The molecule has 0 saturated heterocycles. The quantitative estimate of drug-likeness (QED) is 0.151. The van der Waals surface area contributed by atoms with Crippen LogP contribution < -0.4 is 33.8 Å². The molecule has 0 radical (unpaired) electrons. The zero-order valence-electron chi connectivity index (χ0n) is 28.1. The molecule has 1 atom stereocenters. The molecular weight excluding hydrogens is 690 g/mol. The smallest absolute Gasteiger partial charge is 0.338 e. The molecule has 2 heterocycles. The van der Waals surface area contributed by atoms with Crippen molar-refractivity contribution in [3.8, 4) is 29.1 Å². The number of nitrogens with zero attached hydrogens (tertiary/aromatic N) is 3. The number of rotatable bonds is 11. The molecule has 51 heavy (non-hydrogen) atoms. The number of ether oxygens (including phenoxy) is 5. The summed E-state index contributed by atoms with van der Waals surface area (Å²) < 4.78 is 30.1. The first kappa shape index (κ1) is 35.0. The van der Waals surface area contributed by atoms with E-state index in [2.05, 4.69) is 6.07 Å². The molecule has 0 N–H and O–H groups in total. The second-order valence-corrected chi connectivity index (χ2v) is 12.6. The van der Waals surface area contributed by atoms with Crippen LogP contribution in [0.4, 0.5) is 0 Å². The first-order valence-electron chi connectivity index (χ1n) is 15.8. The summed E-state index contributed by atoms with van der Waals surface area (Å²) in [4.78, 5) is 33.5. The van der Waals surface area contributed by atoms with Gasteiger partial charge in [-0.15, -0.1) is 0 Å². The highest BCUT2D eigenvalue weighted by Crippen LogP contribution is 2.39. The number of hydrogen-bond acceptors (Lipinski definition) is 10. The molecule has 6 rings (SSSR count). The van der Waals surface area contributed by atoms with Gasteiger partial charge in [0, 0.05) is 5.56 Å². The van der Waals surface area contributed by atoms with E-state index in [1.165, 1.54) is 37.2 Å². The lowest BCUT2D eigenvalue weighted by atomic mass is 9.93. The Kier molecular flexibility index (Phi) is 10.6. The summed E-state index contributed by atoms with van der Waals surface area (Å²) in [6.45, 7) is 2.05. The molecule has 0 amide bonds. The highest BCUT2D eigenvalue weighted by Gasteiger charge is 2.35. The van der Waals surface area contributed by atoms with Gasteiger partial charge in [-0.2, -0.15) is 5.26 Å². The van der Waals surface area contributed by atoms with E-state index in [-0.39, 0.29) is 29.4 Å². The minimum Gasteiger partial charge on any atom is -0.493 e. The Labute approximate surface area is 302 Å². The van der Waals surface area contributed by atoms with E-state index in [1.54, 1.807) is 67.6 Å². The maximum atomic E-state index is 14.4. The molecule has 12 heteroatoms. The van der Waals surface area contributed by atoms with Crippen LogP contribution in [0, 0.1) is 11.3 Å². The molecule has 0 aliphatic carbocycles.